The molecule has 0 radical (unpaired) electrons. The fourth-order valence-corrected chi connectivity index (χ4v) is 7.34. The number of pyridine rings is 2. The molecule has 11 nitrogen and oxygen atoms in total. The molecule has 1 atom stereocenters. The van der Waals surface area contributed by atoms with Crippen molar-refractivity contribution in [1.82, 2.24) is 28.9 Å². The number of para-hydroxylation sites is 1. The Morgan fingerprint density at radius 2 is 1.65 bits per heavy atom. The second-order valence-corrected chi connectivity index (χ2v) is 14.2. The van der Waals surface area contributed by atoms with Gasteiger partial charge in [0.1, 0.15) is 28.7 Å². The third-order valence-corrected chi connectivity index (χ3v) is 10.1. The number of likely N-dealkylation sites (tertiary alicyclic amines) is 1. The zero-order valence-electron chi connectivity index (χ0n) is 29.8. The number of rotatable bonds is 8. The molecule has 2 aliphatic rings. The van der Waals surface area contributed by atoms with E-state index in [9.17, 15) is 9.59 Å². The molecular weight excluding hydrogens is 640 g/mol. The van der Waals surface area contributed by atoms with Gasteiger partial charge in [-0.3, -0.25) is 13.9 Å². The number of anilines is 2. The monoisotopic (exact) mass is 686 g/mol. The van der Waals surface area contributed by atoms with Crippen molar-refractivity contribution in [3.63, 3.8) is 0 Å². The van der Waals surface area contributed by atoms with Crippen LogP contribution in [0.5, 0.6) is 11.5 Å². The summed E-state index contributed by atoms with van der Waals surface area (Å²) in [6, 6.07) is 24.7. The second kappa shape index (κ2) is 14.1. The summed E-state index contributed by atoms with van der Waals surface area (Å²) in [7, 11) is 2.15. The minimum atomic E-state index is -0.464. The normalized spacial score (nSPS) is 17.6. The van der Waals surface area contributed by atoms with Crippen LogP contribution in [0.4, 0.5) is 11.6 Å². The number of nitrogen functional groups attached to an aromatic ring is 1. The molecule has 0 saturated carbocycles. The van der Waals surface area contributed by atoms with Crippen LogP contribution in [0.3, 0.4) is 0 Å². The number of carbonyl (C=O) groups excluding carboxylic acids is 1. The van der Waals surface area contributed by atoms with Gasteiger partial charge in [0.25, 0.3) is 0 Å². The van der Waals surface area contributed by atoms with Crippen molar-refractivity contribution in [3.8, 4) is 17.2 Å². The molecule has 264 valence electrons. The van der Waals surface area contributed by atoms with Gasteiger partial charge in [-0.05, 0) is 81.4 Å². The van der Waals surface area contributed by atoms with Crippen molar-refractivity contribution >= 4 is 28.6 Å². The molecule has 5 aromatic rings. The molecule has 2 aliphatic heterocycles. The first-order valence-electron chi connectivity index (χ1n) is 17.7. The maximum Gasteiger partial charge on any atom is 0.334 e. The summed E-state index contributed by atoms with van der Waals surface area (Å²) in [5.74, 6) is 2.59. The lowest BCUT2D eigenvalue weighted by Gasteiger charge is -2.34. The molecule has 0 unspecified atom stereocenters. The van der Waals surface area contributed by atoms with E-state index in [1.165, 1.54) is 0 Å². The number of hydrogen-bond acceptors (Lipinski definition) is 8. The van der Waals surface area contributed by atoms with Gasteiger partial charge in [-0.1, -0.05) is 44.2 Å². The number of imidazole rings is 1. The summed E-state index contributed by atoms with van der Waals surface area (Å²) in [6.07, 6.45) is 5.19. The number of piperidine rings is 1. The highest BCUT2D eigenvalue weighted by molar-refractivity contribution is 5.93. The number of fused-ring (bicyclic) bond motifs is 1. The van der Waals surface area contributed by atoms with Crippen LogP contribution in [0.15, 0.2) is 102 Å². The van der Waals surface area contributed by atoms with Crippen molar-refractivity contribution in [2.24, 2.45) is 0 Å². The van der Waals surface area contributed by atoms with Crippen molar-refractivity contribution in [3.05, 3.63) is 113 Å². The van der Waals surface area contributed by atoms with E-state index in [2.05, 4.69) is 47.8 Å². The first-order valence-corrected chi connectivity index (χ1v) is 17.7. The molecule has 11 heteroatoms. The SMILES string of the molecule is C/C(=C\C(C)(C)c1cccc(N2CCN(C)CC2)n1)C(=O)N1CCC[C@@H](n2c(=O)n(-c3ccc(Oc4ccccc4)cc3)c3c(N)nccc32)C1. The van der Waals surface area contributed by atoms with Crippen LogP contribution in [0, 0.1) is 0 Å². The van der Waals surface area contributed by atoms with E-state index in [1.54, 1.807) is 15.3 Å². The van der Waals surface area contributed by atoms with Crippen molar-refractivity contribution < 1.29 is 9.53 Å². The van der Waals surface area contributed by atoms with E-state index in [1.807, 2.05) is 84.6 Å². The number of aromatic nitrogens is 4. The Morgan fingerprint density at radius 1 is 0.922 bits per heavy atom. The second-order valence-electron chi connectivity index (χ2n) is 14.2. The quantitative estimate of drug-likeness (QED) is 0.204. The van der Waals surface area contributed by atoms with Gasteiger partial charge < -0.3 is 25.2 Å². The number of ether oxygens (including phenoxy) is 1. The number of hydrogen-bond donors (Lipinski definition) is 1. The maximum absolute atomic E-state index is 14.3. The summed E-state index contributed by atoms with van der Waals surface area (Å²) in [4.78, 5) is 44.2. The molecule has 1 amide bonds. The van der Waals surface area contributed by atoms with E-state index in [-0.39, 0.29) is 23.5 Å². The van der Waals surface area contributed by atoms with E-state index in [0.717, 1.165) is 56.3 Å². The standard InChI is InChI=1S/C40H46N8O3/c1-28(26-40(2,3)34-13-8-14-35(43-34)45-24-22-44(4)23-25-45)38(49)46-21-9-10-30(27-46)47-33-19-20-42-37(41)36(33)48(39(47)50)29-15-17-32(18-16-29)51-31-11-6-5-7-12-31/h5-8,11-20,26,30H,9-10,21-25,27H2,1-4H3,(H2,41,42)/b28-26+/t30-/m1/s1. The predicted molar refractivity (Wildman–Crippen MR) is 202 cm³/mol. The number of nitrogens with two attached hydrogens (primary N) is 1. The van der Waals surface area contributed by atoms with Crippen LogP contribution >= 0.6 is 0 Å². The molecule has 5 heterocycles. The molecule has 3 aromatic heterocycles. The Kier molecular flexibility index (Phi) is 9.39. The maximum atomic E-state index is 14.3. The molecule has 2 fully saturated rings. The van der Waals surface area contributed by atoms with Gasteiger partial charge in [-0.2, -0.15) is 0 Å². The van der Waals surface area contributed by atoms with E-state index in [4.69, 9.17) is 15.5 Å². The highest BCUT2D eigenvalue weighted by Gasteiger charge is 2.31. The molecule has 2 saturated heterocycles. The average molecular weight is 687 g/mol. The van der Waals surface area contributed by atoms with Gasteiger partial charge in [0.05, 0.1) is 22.9 Å². The number of amides is 1. The number of piperazine rings is 1. The third kappa shape index (κ3) is 6.98. The Balaban J connectivity index is 1.13. The van der Waals surface area contributed by atoms with Crippen LogP contribution in [-0.4, -0.2) is 81.1 Å². The van der Waals surface area contributed by atoms with Gasteiger partial charge in [-0.25, -0.2) is 14.8 Å². The Morgan fingerprint density at radius 3 is 2.39 bits per heavy atom. The number of allylic oxidation sites excluding steroid dienone is 1. The molecule has 2 aromatic carbocycles. The Hall–Kier alpha value is -5.42. The van der Waals surface area contributed by atoms with Crippen LogP contribution in [-0.2, 0) is 10.2 Å². The lowest BCUT2D eigenvalue weighted by Crippen LogP contribution is -2.45. The van der Waals surface area contributed by atoms with Gasteiger partial charge in [0.2, 0.25) is 5.91 Å². The highest BCUT2D eigenvalue weighted by atomic mass is 16.5. The molecule has 51 heavy (non-hydrogen) atoms. The average Bonchev–Trinajstić information content (AvgIpc) is 3.45. The zero-order chi connectivity index (χ0) is 35.7. The third-order valence-electron chi connectivity index (χ3n) is 10.1. The largest absolute Gasteiger partial charge is 0.457 e. The van der Waals surface area contributed by atoms with Crippen molar-refractivity contribution in [1.29, 1.82) is 0 Å². The smallest absolute Gasteiger partial charge is 0.334 e. The van der Waals surface area contributed by atoms with Gasteiger partial charge in [0.15, 0.2) is 0 Å². The van der Waals surface area contributed by atoms with Gasteiger partial charge in [0, 0.05) is 56.5 Å². The van der Waals surface area contributed by atoms with Crippen LogP contribution in [0.1, 0.15) is 45.3 Å². The fraction of sp³-hybridized carbons (Fsp3) is 0.350. The van der Waals surface area contributed by atoms with Crippen LogP contribution in [0.2, 0.25) is 0 Å². The predicted octanol–water partition coefficient (Wildman–Crippen LogP) is 5.80. The number of benzene rings is 2. The first-order chi connectivity index (χ1) is 24.6. The van der Waals surface area contributed by atoms with Crippen LogP contribution < -0.4 is 21.1 Å². The highest BCUT2D eigenvalue weighted by Crippen LogP contribution is 2.31. The summed E-state index contributed by atoms with van der Waals surface area (Å²) >= 11 is 0. The number of carbonyl (C=O) groups is 1. The summed E-state index contributed by atoms with van der Waals surface area (Å²) < 4.78 is 9.38. The minimum absolute atomic E-state index is 0.0324. The summed E-state index contributed by atoms with van der Waals surface area (Å²) in [5, 5.41) is 0. The van der Waals surface area contributed by atoms with E-state index in [0.29, 0.717) is 41.1 Å². The Bertz CT molecular complexity index is 2110. The van der Waals surface area contributed by atoms with E-state index >= 15 is 0 Å². The van der Waals surface area contributed by atoms with Gasteiger partial charge in [-0.15, -0.1) is 0 Å². The molecule has 2 N–H and O–H groups in total. The van der Waals surface area contributed by atoms with Crippen molar-refractivity contribution in [2.75, 3.05) is 56.9 Å². The topological polar surface area (TPSA) is 115 Å². The minimum Gasteiger partial charge on any atom is -0.457 e. The van der Waals surface area contributed by atoms with Crippen LogP contribution in [0.25, 0.3) is 16.7 Å². The molecule has 7 rings (SSSR count). The lowest BCUT2D eigenvalue weighted by atomic mass is 9.86. The first kappa shape index (κ1) is 34.0. The zero-order valence-corrected chi connectivity index (χ0v) is 29.8. The molecule has 0 bridgehead atoms. The summed E-state index contributed by atoms with van der Waals surface area (Å²) in [6.45, 7) is 11.0. The fourth-order valence-electron chi connectivity index (χ4n) is 7.34. The number of likely N-dealkylation sites (N-methyl/N-ethyl adjacent to an activating group) is 1. The van der Waals surface area contributed by atoms with Crippen molar-refractivity contribution in [2.45, 2.75) is 45.1 Å². The Labute approximate surface area is 298 Å². The molecule has 0 aliphatic carbocycles. The lowest BCUT2D eigenvalue weighted by molar-refractivity contribution is -0.128. The number of nitrogens with zero attached hydrogens (tertiary/aromatic N) is 7. The molecule has 0 spiro atoms. The van der Waals surface area contributed by atoms with Gasteiger partial charge >= 0.3 is 5.69 Å². The van der Waals surface area contributed by atoms with E-state index < -0.39 is 5.41 Å². The molecular formula is C40H46N8O3. The summed E-state index contributed by atoms with van der Waals surface area (Å²) in [5.41, 5.74) is 9.22.